The summed E-state index contributed by atoms with van der Waals surface area (Å²) < 4.78 is 0. The number of rotatable bonds is 3. The molecule has 0 saturated carbocycles. The van der Waals surface area contributed by atoms with Gasteiger partial charge in [-0.25, -0.2) is 0 Å². The fourth-order valence-electron chi connectivity index (χ4n) is 0.150. The van der Waals surface area contributed by atoms with Crippen LogP contribution in [0.15, 0.2) is 0 Å². The van der Waals surface area contributed by atoms with Crippen LogP contribution in [0, 0.1) is 0 Å². The third-order valence-corrected chi connectivity index (χ3v) is 0.945. The van der Waals surface area contributed by atoms with Crippen LogP contribution in [0.4, 0.5) is 0 Å². The number of aliphatic hydroxyl groups excluding tert-OH is 3. The fourth-order valence-corrected chi connectivity index (χ4v) is 0.150. The van der Waals surface area contributed by atoms with E-state index in [0.717, 1.165) is 0 Å². The van der Waals surface area contributed by atoms with Gasteiger partial charge in [-0.2, -0.15) is 0 Å². The van der Waals surface area contributed by atoms with Crippen LogP contribution in [0.3, 0.4) is 0 Å². The summed E-state index contributed by atoms with van der Waals surface area (Å²) in [6, 6.07) is 0. The van der Waals surface area contributed by atoms with E-state index in [4.69, 9.17) is 21.1 Å². The third-order valence-electron chi connectivity index (χ3n) is 0.945. The van der Waals surface area contributed by atoms with Crippen molar-refractivity contribution in [2.24, 2.45) is 5.73 Å². The second kappa shape index (κ2) is 5.24. The van der Waals surface area contributed by atoms with Gasteiger partial charge in [-0.15, -0.1) is 0 Å². The third kappa shape index (κ3) is 3.93. The average Bonchev–Trinajstić information content (AvgIpc) is 1.87. The predicted molar refractivity (Wildman–Crippen MR) is 35.3 cm³/mol. The molecule has 0 aromatic carbocycles. The summed E-state index contributed by atoms with van der Waals surface area (Å²) in [6.45, 7) is -1.21. The molecule has 0 bridgehead atoms. The average molecular weight is 129 g/mol. The summed E-state index contributed by atoms with van der Waals surface area (Å²) in [7, 11) is 0. The molecule has 0 saturated heterocycles. The van der Waals surface area contributed by atoms with E-state index in [0.29, 0.717) is 0 Å². The van der Waals surface area contributed by atoms with Gasteiger partial charge in [0.05, 0.1) is 25.4 Å². The number of aliphatic hydroxyl groups is 3. The zero-order chi connectivity index (χ0) is 6.62. The van der Waals surface area contributed by atoms with E-state index in [2.05, 4.69) is 0 Å². The first-order valence-electron chi connectivity index (χ1n) is 2.30. The van der Waals surface area contributed by atoms with Gasteiger partial charge in [0.15, 0.2) is 0 Å². The van der Waals surface area contributed by atoms with Crippen LogP contribution in [0.5, 0.6) is 0 Å². The Bertz CT molecular complexity index is 58.6. The van der Waals surface area contributed by atoms with Crippen LogP contribution < -0.4 is 5.73 Å². The zero-order valence-corrected chi connectivity index (χ0v) is 4.54. The molecule has 5 N–H and O–H groups in total. The molecule has 0 aliphatic heterocycles. The van der Waals surface area contributed by atoms with Crippen LogP contribution in [-0.4, -0.2) is 59.5 Å². The molecule has 0 fully saturated rings. The SMILES string of the molecule is NC(CO)(CO)CO.[LiH]. The first kappa shape index (κ1) is 12.1. The molecule has 52 valence electrons. The molecule has 9 heavy (non-hydrogen) atoms. The Morgan fingerprint density at radius 2 is 1.22 bits per heavy atom. The number of nitrogens with two attached hydrogens (primary N) is 1. The van der Waals surface area contributed by atoms with E-state index in [-0.39, 0.29) is 18.9 Å². The molecular formula is C4H12LiNO3. The maximum atomic E-state index is 8.34. The standard InChI is InChI=1S/C4H11NO3.Li.H/c5-4(1-6,2-7)3-8;;/h6-8H,1-3,5H2;;. The molecule has 4 nitrogen and oxygen atoms in total. The van der Waals surface area contributed by atoms with Gasteiger partial charge < -0.3 is 21.1 Å². The molecule has 0 aromatic rings. The minimum atomic E-state index is -1.21. The fraction of sp³-hybridized carbons (Fsp3) is 1.00. The molecule has 0 unspecified atom stereocenters. The molecule has 0 rings (SSSR count). The predicted octanol–water partition coefficient (Wildman–Crippen LogP) is -2.99. The quantitative estimate of drug-likeness (QED) is 0.306. The van der Waals surface area contributed by atoms with Crippen LogP contribution in [0.25, 0.3) is 0 Å². The van der Waals surface area contributed by atoms with Crippen LogP contribution >= 0.6 is 0 Å². The Morgan fingerprint density at radius 1 is 1.00 bits per heavy atom. The van der Waals surface area contributed by atoms with Gasteiger partial charge in [0.2, 0.25) is 0 Å². The Labute approximate surface area is 65.9 Å². The second-order valence-corrected chi connectivity index (χ2v) is 1.84. The second-order valence-electron chi connectivity index (χ2n) is 1.84. The monoisotopic (exact) mass is 129 g/mol. The van der Waals surface area contributed by atoms with E-state index in [1.165, 1.54) is 0 Å². The first-order chi connectivity index (χ1) is 3.68. The molecule has 0 amide bonds. The summed E-state index contributed by atoms with van der Waals surface area (Å²) in [5.74, 6) is 0. The molecule has 0 heterocycles. The summed E-state index contributed by atoms with van der Waals surface area (Å²) in [5.41, 5.74) is 3.94. The Morgan fingerprint density at radius 3 is 1.22 bits per heavy atom. The van der Waals surface area contributed by atoms with Gasteiger partial charge in [-0.3, -0.25) is 0 Å². The van der Waals surface area contributed by atoms with E-state index in [1.807, 2.05) is 0 Å². The van der Waals surface area contributed by atoms with Crippen molar-refractivity contribution in [1.82, 2.24) is 0 Å². The van der Waals surface area contributed by atoms with E-state index in [1.54, 1.807) is 0 Å². The summed E-state index contributed by atoms with van der Waals surface area (Å²) in [4.78, 5) is 0. The van der Waals surface area contributed by atoms with Crippen LogP contribution in [0.1, 0.15) is 0 Å². The van der Waals surface area contributed by atoms with Crippen molar-refractivity contribution < 1.29 is 15.3 Å². The van der Waals surface area contributed by atoms with Crippen molar-refractivity contribution in [2.45, 2.75) is 5.54 Å². The maximum absolute atomic E-state index is 8.34. The zero-order valence-electron chi connectivity index (χ0n) is 4.54. The molecule has 5 heteroatoms. The number of hydrogen-bond acceptors (Lipinski definition) is 4. The molecule has 0 atom stereocenters. The van der Waals surface area contributed by atoms with Crippen molar-refractivity contribution in [1.29, 1.82) is 0 Å². The topological polar surface area (TPSA) is 86.7 Å². The molecule has 0 aliphatic rings. The number of hydrogen-bond donors (Lipinski definition) is 4. The van der Waals surface area contributed by atoms with Crippen molar-refractivity contribution in [3.8, 4) is 0 Å². The summed E-state index contributed by atoms with van der Waals surface area (Å²) in [5, 5.41) is 25.0. The van der Waals surface area contributed by atoms with Gasteiger partial charge in [-0.05, 0) is 0 Å². The van der Waals surface area contributed by atoms with Crippen molar-refractivity contribution in [2.75, 3.05) is 19.8 Å². The first-order valence-corrected chi connectivity index (χ1v) is 2.30. The van der Waals surface area contributed by atoms with Crippen molar-refractivity contribution in [3.05, 3.63) is 0 Å². The Balaban J connectivity index is 0. The Kier molecular flexibility index (Phi) is 7.07. The molecular weight excluding hydrogens is 117 g/mol. The van der Waals surface area contributed by atoms with Gasteiger partial charge in [0.25, 0.3) is 0 Å². The van der Waals surface area contributed by atoms with Gasteiger partial charge >= 0.3 is 18.9 Å². The van der Waals surface area contributed by atoms with Crippen molar-refractivity contribution >= 4 is 18.9 Å². The van der Waals surface area contributed by atoms with E-state index >= 15 is 0 Å². The molecule has 0 aliphatic carbocycles. The van der Waals surface area contributed by atoms with E-state index in [9.17, 15) is 0 Å². The van der Waals surface area contributed by atoms with Crippen LogP contribution in [-0.2, 0) is 0 Å². The molecule has 0 spiro atoms. The summed E-state index contributed by atoms with van der Waals surface area (Å²) >= 11 is 0. The molecule has 0 radical (unpaired) electrons. The Hall–Kier alpha value is 0.437. The van der Waals surface area contributed by atoms with E-state index < -0.39 is 25.4 Å². The van der Waals surface area contributed by atoms with Gasteiger partial charge in [0, 0.05) is 0 Å². The van der Waals surface area contributed by atoms with Crippen LogP contribution in [0.2, 0.25) is 0 Å². The molecule has 0 aromatic heterocycles. The normalized spacial score (nSPS) is 10.7. The van der Waals surface area contributed by atoms with Gasteiger partial charge in [-0.1, -0.05) is 0 Å². The minimum absolute atomic E-state index is 0. The van der Waals surface area contributed by atoms with Gasteiger partial charge in [0.1, 0.15) is 0 Å². The van der Waals surface area contributed by atoms with Crippen molar-refractivity contribution in [3.63, 3.8) is 0 Å². The summed E-state index contributed by atoms with van der Waals surface area (Å²) in [6.07, 6.45) is 0.